The molecular formula is C19H26N2O3. The Labute approximate surface area is 143 Å². The zero-order valence-electron chi connectivity index (χ0n) is 14.0. The van der Waals surface area contributed by atoms with Crippen molar-refractivity contribution in [2.75, 3.05) is 19.6 Å². The first kappa shape index (κ1) is 17.0. The predicted molar refractivity (Wildman–Crippen MR) is 91.3 cm³/mol. The van der Waals surface area contributed by atoms with Crippen molar-refractivity contribution < 1.29 is 14.7 Å². The molecule has 0 radical (unpaired) electrons. The fourth-order valence-corrected chi connectivity index (χ4v) is 3.70. The summed E-state index contributed by atoms with van der Waals surface area (Å²) in [6.45, 7) is 1.87. The van der Waals surface area contributed by atoms with E-state index < -0.39 is 5.60 Å². The Morgan fingerprint density at radius 1 is 1.25 bits per heavy atom. The first-order valence-electron chi connectivity index (χ1n) is 8.89. The number of likely N-dealkylation sites (tertiary alicyclic amines) is 1. The normalized spacial score (nSPS) is 22.8. The van der Waals surface area contributed by atoms with Crippen LogP contribution in [-0.2, 0) is 16.0 Å². The molecule has 5 nitrogen and oxygen atoms in total. The molecule has 130 valence electrons. The Kier molecular flexibility index (Phi) is 5.19. The van der Waals surface area contributed by atoms with Crippen molar-refractivity contribution in [2.24, 2.45) is 5.92 Å². The number of rotatable bonds is 6. The fraction of sp³-hybridized carbons (Fsp3) is 0.579. The predicted octanol–water partition coefficient (Wildman–Crippen LogP) is 1.50. The number of carbonyl (C=O) groups is 2. The van der Waals surface area contributed by atoms with E-state index in [1.54, 1.807) is 0 Å². The van der Waals surface area contributed by atoms with Crippen LogP contribution >= 0.6 is 0 Å². The quantitative estimate of drug-likeness (QED) is 0.830. The summed E-state index contributed by atoms with van der Waals surface area (Å²) in [5, 5.41) is 13.1. The lowest BCUT2D eigenvalue weighted by Crippen LogP contribution is -2.46. The van der Waals surface area contributed by atoms with Gasteiger partial charge in [-0.25, -0.2) is 0 Å². The van der Waals surface area contributed by atoms with Crippen LogP contribution in [-0.4, -0.2) is 47.1 Å². The number of hydrogen-bond acceptors (Lipinski definition) is 3. The monoisotopic (exact) mass is 330 g/mol. The van der Waals surface area contributed by atoms with Crippen molar-refractivity contribution >= 4 is 11.8 Å². The molecule has 1 unspecified atom stereocenters. The molecule has 3 rings (SSSR count). The molecule has 1 aromatic rings. The molecule has 1 heterocycles. The average Bonchev–Trinajstić information content (AvgIpc) is 3.18. The van der Waals surface area contributed by atoms with Crippen molar-refractivity contribution in [3.63, 3.8) is 0 Å². The van der Waals surface area contributed by atoms with Gasteiger partial charge in [-0.15, -0.1) is 0 Å². The third-order valence-corrected chi connectivity index (χ3v) is 5.21. The van der Waals surface area contributed by atoms with Crippen LogP contribution in [0.5, 0.6) is 0 Å². The highest BCUT2D eigenvalue weighted by atomic mass is 16.3. The van der Waals surface area contributed by atoms with E-state index in [4.69, 9.17) is 0 Å². The average molecular weight is 330 g/mol. The second-order valence-electron chi connectivity index (χ2n) is 7.09. The Morgan fingerprint density at radius 3 is 2.67 bits per heavy atom. The molecule has 2 amide bonds. The number of hydrogen-bond donors (Lipinski definition) is 2. The van der Waals surface area contributed by atoms with E-state index in [0.717, 1.165) is 25.8 Å². The Hall–Kier alpha value is -1.88. The molecule has 0 bridgehead atoms. The highest BCUT2D eigenvalue weighted by molar-refractivity contribution is 5.85. The molecule has 1 saturated heterocycles. The first-order chi connectivity index (χ1) is 11.6. The van der Waals surface area contributed by atoms with Gasteiger partial charge in [0.05, 0.1) is 0 Å². The Bertz CT molecular complexity index is 582. The number of nitrogens with zero attached hydrogens (tertiary/aromatic N) is 1. The van der Waals surface area contributed by atoms with E-state index in [1.165, 1.54) is 5.56 Å². The maximum Gasteiger partial charge on any atom is 0.251 e. The Morgan fingerprint density at radius 2 is 1.96 bits per heavy atom. The van der Waals surface area contributed by atoms with Crippen LogP contribution in [0.4, 0.5) is 0 Å². The Balaban J connectivity index is 1.44. The van der Waals surface area contributed by atoms with Gasteiger partial charge in [0.25, 0.3) is 5.91 Å². The maximum atomic E-state index is 12.1. The smallest absolute Gasteiger partial charge is 0.251 e. The SMILES string of the molecule is O=C1CC(CNC(=O)C2(O)CCCC2)CN1CCc1ccccc1. The van der Waals surface area contributed by atoms with Gasteiger partial charge < -0.3 is 15.3 Å². The number of benzene rings is 1. The molecule has 0 spiro atoms. The lowest BCUT2D eigenvalue weighted by atomic mass is 10.0. The third-order valence-electron chi connectivity index (χ3n) is 5.21. The molecule has 2 N–H and O–H groups in total. The molecule has 5 heteroatoms. The summed E-state index contributed by atoms with van der Waals surface area (Å²) in [6, 6.07) is 10.1. The lowest BCUT2D eigenvalue weighted by molar-refractivity contribution is -0.139. The summed E-state index contributed by atoms with van der Waals surface area (Å²) in [5.41, 5.74) is 0.0424. The van der Waals surface area contributed by atoms with Gasteiger partial charge in [-0.05, 0) is 37.7 Å². The zero-order valence-corrected chi connectivity index (χ0v) is 14.0. The van der Waals surface area contributed by atoms with Crippen LogP contribution in [0.15, 0.2) is 30.3 Å². The molecule has 1 atom stereocenters. The van der Waals surface area contributed by atoms with E-state index in [0.29, 0.717) is 32.4 Å². The molecule has 1 aliphatic heterocycles. The van der Waals surface area contributed by atoms with Crippen LogP contribution < -0.4 is 5.32 Å². The fourth-order valence-electron chi connectivity index (χ4n) is 3.70. The van der Waals surface area contributed by atoms with Gasteiger partial charge in [0.15, 0.2) is 0 Å². The van der Waals surface area contributed by atoms with Gasteiger partial charge in [0, 0.05) is 32.0 Å². The highest BCUT2D eigenvalue weighted by Crippen LogP contribution is 2.29. The van der Waals surface area contributed by atoms with Crippen LogP contribution in [0.1, 0.15) is 37.7 Å². The van der Waals surface area contributed by atoms with Crippen molar-refractivity contribution in [1.29, 1.82) is 0 Å². The molecule has 24 heavy (non-hydrogen) atoms. The van der Waals surface area contributed by atoms with E-state index in [2.05, 4.69) is 17.4 Å². The lowest BCUT2D eigenvalue weighted by Gasteiger charge is -2.22. The molecule has 2 fully saturated rings. The van der Waals surface area contributed by atoms with Gasteiger partial charge in [-0.3, -0.25) is 9.59 Å². The summed E-state index contributed by atoms with van der Waals surface area (Å²) >= 11 is 0. The summed E-state index contributed by atoms with van der Waals surface area (Å²) < 4.78 is 0. The minimum absolute atomic E-state index is 0.141. The van der Waals surface area contributed by atoms with E-state index in [1.807, 2.05) is 23.1 Å². The molecule has 2 aliphatic rings. The van der Waals surface area contributed by atoms with Gasteiger partial charge in [0.2, 0.25) is 5.91 Å². The van der Waals surface area contributed by atoms with Crippen molar-refractivity contribution in [1.82, 2.24) is 10.2 Å². The van der Waals surface area contributed by atoms with E-state index in [9.17, 15) is 14.7 Å². The zero-order chi connectivity index (χ0) is 17.0. The van der Waals surface area contributed by atoms with Gasteiger partial charge in [0.1, 0.15) is 5.60 Å². The van der Waals surface area contributed by atoms with Crippen LogP contribution in [0.2, 0.25) is 0 Å². The second-order valence-corrected chi connectivity index (χ2v) is 7.09. The van der Waals surface area contributed by atoms with E-state index in [-0.39, 0.29) is 17.7 Å². The molecular weight excluding hydrogens is 304 g/mol. The summed E-state index contributed by atoms with van der Waals surface area (Å²) in [6.07, 6.45) is 4.23. The van der Waals surface area contributed by atoms with Crippen LogP contribution in [0.3, 0.4) is 0 Å². The van der Waals surface area contributed by atoms with E-state index >= 15 is 0 Å². The standard InChI is InChI=1S/C19H26N2O3/c22-17-12-16(13-20-18(23)19(24)9-4-5-10-19)14-21(17)11-8-15-6-2-1-3-7-15/h1-3,6-7,16,24H,4-5,8-14H2,(H,20,23). The minimum atomic E-state index is -1.18. The highest BCUT2D eigenvalue weighted by Gasteiger charge is 2.39. The first-order valence-corrected chi connectivity index (χ1v) is 8.89. The van der Waals surface area contributed by atoms with Crippen LogP contribution in [0.25, 0.3) is 0 Å². The van der Waals surface area contributed by atoms with Gasteiger partial charge in [-0.2, -0.15) is 0 Å². The number of aliphatic hydroxyl groups is 1. The number of carbonyl (C=O) groups excluding carboxylic acids is 2. The van der Waals surface area contributed by atoms with Gasteiger partial charge >= 0.3 is 0 Å². The minimum Gasteiger partial charge on any atom is -0.380 e. The van der Waals surface area contributed by atoms with Crippen molar-refractivity contribution in [2.45, 2.75) is 44.1 Å². The number of amides is 2. The molecule has 1 saturated carbocycles. The number of nitrogens with one attached hydrogen (secondary N) is 1. The van der Waals surface area contributed by atoms with Gasteiger partial charge in [-0.1, -0.05) is 30.3 Å². The van der Waals surface area contributed by atoms with Crippen molar-refractivity contribution in [3.05, 3.63) is 35.9 Å². The maximum absolute atomic E-state index is 12.1. The largest absolute Gasteiger partial charge is 0.380 e. The molecule has 0 aromatic heterocycles. The molecule has 1 aliphatic carbocycles. The third kappa shape index (κ3) is 3.96. The topological polar surface area (TPSA) is 69.6 Å². The summed E-state index contributed by atoms with van der Waals surface area (Å²) in [7, 11) is 0. The van der Waals surface area contributed by atoms with Crippen LogP contribution in [0, 0.1) is 5.92 Å². The summed E-state index contributed by atoms with van der Waals surface area (Å²) in [4.78, 5) is 26.2. The van der Waals surface area contributed by atoms with Crippen molar-refractivity contribution in [3.8, 4) is 0 Å². The second kappa shape index (κ2) is 7.34. The summed E-state index contributed by atoms with van der Waals surface area (Å²) in [5.74, 6) is 0.0298. The molecule has 1 aromatic carbocycles.